The van der Waals surface area contributed by atoms with E-state index < -0.39 is 5.91 Å². The Morgan fingerprint density at radius 1 is 1.00 bits per heavy atom. The van der Waals surface area contributed by atoms with E-state index in [2.05, 4.69) is 0 Å². The predicted octanol–water partition coefficient (Wildman–Crippen LogP) is 3.84. The number of nitrogens with two attached hydrogens (primary N) is 1. The van der Waals surface area contributed by atoms with Crippen LogP contribution >= 0.6 is 0 Å². The minimum atomic E-state index is -0.448. The molecule has 0 spiro atoms. The first-order valence-corrected chi connectivity index (χ1v) is 8.37. The molecule has 1 aromatic heterocycles. The number of carbonyl (C=O) groups excluding carboxylic acids is 2. The molecule has 4 heteroatoms. The van der Waals surface area contributed by atoms with Gasteiger partial charge in [-0.2, -0.15) is 0 Å². The van der Waals surface area contributed by atoms with Gasteiger partial charge in [-0.3, -0.25) is 9.59 Å². The molecule has 0 radical (unpaired) electrons. The smallest absolute Gasteiger partial charge is 0.248 e. The van der Waals surface area contributed by atoms with Gasteiger partial charge >= 0.3 is 0 Å². The third-order valence-electron chi connectivity index (χ3n) is 4.16. The minimum Gasteiger partial charge on any atom is -0.366 e. The van der Waals surface area contributed by atoms with E-state index in [4.69, 9.17) is 5.73 Å². The summed E-state index contributed by atoms with van der Waals surface area (Å²) in [5.41, 5.74) is 9.11. The summed E-state index contributed by atoms with van der Waals surface area (Å²) in [4.78, 5) is 23.9. The third kappa shape index (κ3) is 3.98. The lowest BCUT2D eigenvalue weighted by atomic mass is 10.1. The number of aromatic nitrogens is 1. The van der Waals surface area contributed by atoms with Gasteiger partial charge in [0.1, 0.15) is 0 Å². The van der Waals surface area contributed by atoms with Crippen LogP contribution in [-0.2, 0) is 6.54 Å². The van der Waals surface area contributed by atoms with E-state index in [9.17, 15) is 9.59 Å². The minimum absolute atomic E-state index is 0.000809. The van der Waals surface area contributed by atoms with Crippen molar-refractivity contribution >= 4 is 17.8 Å². The van der Waals surface area contributed by atoms with Crippen LogP contribution in [0.25, 0.3) is 6.08 Å². The van der Waals surface area contributed by atoms with E-state index in [1.165, 1.54) is 0 Å². The molecule has 2 aromatic carbocycles. The molecule has 0 aliphatic rings. The zero-order chi connectivity index (χ0) is 18.5. The second-order valence-corrected chi connectivity index (χ2v) is 6.13. The highest BCUT2D eigenvalue weighted by atomic mass is 16.1. The summed E-state index contributed by atoms with van der Waals surface area (Å²) < 4.78 is 1.90. The first-order chi connectivity index (χ1) is 12.5. The number of carbonyl (C=O) groups is 2. The fourth-order valence-corrected chi connectivity index (χ4v) is 2.73. The second-order valence-electron chi connectivity index (χ2n) is 6.13. The summed E-state index contributed by atoms with van der Waals surface area (Å²) in [7, 11) is 0. The molecular weight excluding hydrogens is 324 g/mol. The molecule has 0 unspecified atom stereocenters. The number of amides is 1. The summed E-state index contributed by atoms with van der Waals surface area (Å²) in [5, 5.41) is 0. The van der Waals surface area contributed by atoms with Crippen LogP contribution in [-0.4, -0.2) is 16.3 Å². The first-order valence-electron chi connectivity index (χ1n) is 8.37. The van der Waals surface area contributed by atoms with Crippen molar-refractivity contribution in [1.82, 2.24) is 4.57 Å². The zero-order valence-electron chi connectivity index (χ0n) is 14.6. The maximum atomic E-state index is 12.7. The molecule has 26 heavy (non-hydrogen) atoms. The fraction of sp³-hybridized carbons (Fsp3) is 0.0909. The number of allylic oxidation sites excluding steroid dienone is 1. The predicted molar refractivity (Wildman–Crippen MR) is 103 cm³/mol. The molecule has 2 N–H and O–H groups in total. The first kappa shape index (κ1) is 17.4. The van der Waals surface area contributed by atoms with Gasteiger partial charge in [-0.25, -0.2) is 0 Å². The quantitative estimate of drug-likeness (QED) is 0.691. The average Bonchev–Trinajstić information content (AvgIpc) is 3.10. The number of rotatable bonds is 6. The lowest BCUT2D eigenvalue weighted by Crippen LogP contribution is -2.10. The van der Waals surface area contributed by atoms with Gasteiger partial charge in [-0.1, -0.05) is 54.1 Å². The molecule has 0 saturated carbocycles. The Labute approximate surface area is 152 Å². The Morgan fingerprint density at radius 2 is 1.77 bits per heavy atom. The lowest BCUT2D eigenvalue weighted by Gasteiger charge is -2.06. The van der Waals surface area contributed by atoms with Crippen molar-refractivity contribution in [3.05, 3.63) is 101 Å². The van der Waals surface area contributed by atoms with Crippen molar-refractivity contribution < 1.29 is 9.59 Å². The van der Waals surface area contributed by atoms with Gasteiger partial charge in [-0.15, -0.1) is 0 Å². The third-order valence-corrected chi connectivity index (χ3v) is 4.16. The van der Waals surface area contributed by atoms with Gasteiger partial charge in [0.15, 0.2) is 0 Å². The lowest BCUT2D eigenvalue weighted by molar-refractivity contribution is 0.0998. The molecular formula is C22H20N2O2. The molecule has 1 heterocycles. The fourth-order valence-electron chi connectivity index (χ4n) is 2.73. The van der Waals surface area contributed by atoms with Crippen LogP contribution in [0.1, 0.15) is 37.5 Å². The molecule has 0 atom stereocenters. The molecule has 3 rings (SSSR count). The second kappa shape index (κ2) is 7.66. The van der Waals surface area contributed by atoms with Crippen molar-refractivity contribution in [2.75, 3.05) is 0 Å². The molecule has 0 aliphatic carbocycles. The van der Waals surface area contributed by atoms with Crippen molar-refractivity contribution in [1.29, 1.82) is 0 Å². The van der Waals surface area contributed by atoms with E-state index >= 15 is 0 Å². The van der Waals surface area contributed by atoms with Crippen LogP contribution in [0.5, 0.6) is 0 Å². The Bertz CT molecular complexity index is 966. The number of hydrogen-bond donors (Lipinski definition) is 1. The van der Waals surface area contributed by atoms with E-state index in [1.807, 2.05) is 72.3 Å². The molecule has 0 fully saturated rings. The van der Waals surface area contributed by atoms with Gasteiger partial charge in [0.05, 0.1) is 5.69 Å². The van der Waals surface area contributed by atoms with Gasteiger partial charge < -0.3 is 10.3 Å². The van der Waals surface area contributed by atoms with Crippen molar-refractivity contribution in [3.63, 3.8) is 0 Å². The average molecular weight is 344 g/mol. The van der Waals surface area contributed by atoms with Crippen LogP contribution in [0.4, 0.5) is 0 Å². The summed E-state index contributed by atoms with van der Waals surface area (Å²) in [6, 6.07) is 18.4. The molecule has 0 aliphatic heterocycles. The Kier molecular flexibility index (Phi) is 5.13. The van der Waals surface area contributed by atoms with Crippen LogP contribution in [0, 0.1) is 6.92 Å². The van der Waals surface area contributed by atoms with Gasteiger partial charge in [0.2, 0.25) is 11.7 Å². The Morgan fingerprint density at radius 3 is 2.50 bits per heavy atom. The Balaban J connectivity index is 1.75. The van der Waals surface area contributed by atoms with E-state index in [1.54, 1.807) is 18.2 Å². The van der Waals surface area contributed by atoms with Crippen LogP contribution < -0.4 is 5.73 Å². The highest BCUT2D eigenvalue weighted by Gasteiger charge is 2.12. The van der Waals surface area contributed by atoms with Gasteiger partial charge in [0.25, 0.3) is 0 Å². The summed E-state index contributed by atoms with van der Waals surface area (Å²) in [6.45, 7) is 2.55. The highest BCUT2D eigenvalue weighted by molar-refractivity contribution is 6.08. The molecule has 1 amide bonds. The maximum absolute atomic E-state index is 12.7. The van der Waals surface area contributed by atoms with E-state index in [0.717, 1.165) is 11.1 Å². The molecule has 0 bridgehead atoms. The number of ketones is 1. The zero-order valence-corrected chi connectivity index (χ0v) is 14.6. The van der Waals surface area contributed by atoms with Crippen molar-refractivity contribution in [2.45, 2.75) is 13.5 Å². The van der Waals surface area contributed by atoms with Crippen LogP contribution in [0.3, 0.4) is 0 Å². The van der Waals surface area contributed by atoms with Crippen LogP contribution in [0.15, 0.2) is 72.9 Å². The van der Waals surface area contributed by atoms with Crippen LogP contribution in [0.2, 0.25) is 0 Å². The SMILES string of the molecule is Cc1ccc(C(=O)c2cccn2C/C=C/c2cccc(C(N)=O)c2)cc1. The largest absolute Gasteiger partial charge is 0.366 e. The molecule has 4 nitrogen and oxygen atoms in total. The maximum Gasteiger partial charge on any atom is 0.248 e. The number of primary amides is 1. The number of benzene rings is 2. The monoisotopic (exact) mass is 344 g/mol. The topological polar surface area (TPSA) is 65.1 Å². The molecule has 130 valence electrons. The normalized spacial score (nSPS) is 11.0. The summed E-state index contributed by atoms with van der Waals surface area (Å²) in [5.74, 6) is -0.448. The number of hydrogen-bond acceptors (Lipinski definition) is 2. The molecule has 0 saturated heterocycles. The Hall–Kier alpha value is -3.40. The van der Waals surface area contributed by atoms with Crippen molar-refractivity contribution in [3.8, 4) is 0 Å². The summed E-state index contributed by atoms with van der Waals surface area (Å²) in [6.07, 6.45) is 5.74. The highest BCUT2D eigenvalue weighted by Crippen LogP contribution is 2.13. The van der Waals surface area contributed by atoms with Gasteiger partial charge in [-0.05, 0) is 36.8 Å². The van der Waals surface area contributed by atoms with Gasteiger partial charge in [0, 0.05) is 23.9 Å². The van der Waals surface area contributed by atoms with E-state index in [-0.39, 0.29) is 5.78 Å². The van der Waals surface area contributed by atoms with Crippen molar-refractivity contribution in [2.24, 2.45) is 5.73 Å². The van der Waals surface area contributed by atoms with E-state index in [0.29, 0.717) is 23.4 Å². The number of aryl methyl sites for hydroxylation is 1. The number of nitrogens with zero attached hydrogens (tertiary/aromatic N) is 1. The summed E-state index contributed by atoms with van der Waals surface area (Å²) >= 11 is 0. The molecule has 3 aromatic rings. The standard InChI is InChI=1S/C22H20N2O2/c1-16-9-11-18(12-10-16)21(25)20-8-4-14-24(20)13-3-6-17-5-2-7-19(15-17)22(23)26/h2-12,14-15H,13H2,1H3,(H2,23,26)/b6-3+.